The monoisotopic (exact) mass is 394 g/mol. The van der Waals surface area contributed by atoms with Gasteiger partial charge in [-0.1, -0.05) is 34.5 Å². The molecular formula is C17H16BrClN2O2. The van der Waals surface area contributed by atoms with Crippen LogP contribution in [0.1, 0.15) is 25.3 Å². The van der Waals surface area contributed by atoms with Crippen LogP contribution in [0.3, 0.4) is 0 Å². The molecule has 2 aromatic carbocycles. The highest BCUT2D eigenvalue weighted by atomic mass is 79.9. The van der Waals surface area contributed by atoms with E-state index in [9.17, 15) is 9.90 Å². The van der Waals surface area contributed by atoms with Crippen molar-refractivity contribution in [2.75, 3.05) is 5.32 Å². The summed E-state index contributed by atoms with van der Waals surface area (Å²) in [5, 5.41) is 13.1. The highest BCUT2D eigenvalue weighted by Gasteiger charge is 2.05. The first-order valence-corrected chi connectivity index (χ1v) is 8.28. The number of hydrogen-bond acceptors (Lipinski definition) is 3. The molecule has 0 saturated heterocycles. The smallest absolute Gasteiger partial charge is 0.224 e. The van der Waals surface area contributed by atoms with E-state index < -0.39 is 0 Å². The number of hydrogen-bond donors (Lipinski definition) is 2. The van der Waals surface area contributed by atoms with Gasteiger partial charge in [-0.05, 0) is 42.8 Å². The molecule has 2 rings (SSSR count). The summed E-state index contributed by atoms with van der Waals surface area (Å²) in [6.45, 7) is 1.95. The Morgan fingerprint density at radius 3 is 2.87 bits per heavy atom. The molecule has 120 valence electrons. The Morgan fingerprint density at radius 2 is 2.13 bits per heavy atom. The van der Waals surface area contributed by atoms with Gasteiger partial charge in [0, 0.05) is 28.4 Å². The van der Waals surface area contributed by atoms with Gasteiger partial charge in [-0.15, -0.1) is 0 Å². The van der Waals surface area contributed by atoms with Crippen LogP contribution in [-0.4, -0.2) is 17.2 Å². The fourth-order valence-electron chi connectivity index (χ4n) is 1.91. The molecule has 0 aliphatic rings. The zero-order valence-electron chi connectivity index (χ0n) is 12.5. The molecule has 4 nitrogen and oxygen atoms in total. The summed E-state index contributed by atoms with van der Waals surface area (Å²) in [6, 6.07) is 10.2. The molecule has 23 heavy (non-hydrogen) atoms. The van der Waals surface area contributed by atoms with Crippen LogP contribution in [0.5, 0.6) is 5.75 Å². The summed E-state index contributed by atoms with van der Waals surface area (Å²) in [5.74, 6) is 0.0786. The molecule has 0 heterocycles. The van der Waals surface area contributed by atoms with E-state index in [4.69, 9.17) is 11.6 Å². The van der Waals surface area contributed by atoms with Crippen molar-refractivity contribution in [2.45, 2.75) is 19.8 Å². The van der Waals surface area contributed by atoms with Gasteiger partial charge in [0.15, 0.2) is 0 Å². The Balaban J connectivity index is 2.23. The van der Waals surface area contributed by atoms with E-state index in [-0.39, 0.29) is 11.7 Å². The van der Waals surface area contributed by atoms with Gasteiger partial charge in [0.25, 0.3) is 0 Å². The van der Waals surface area contributed by atoms with Crippen molar-refractivity contribution in [3.63, 3.8) is 0 Å². The van der Waals surface area contributed by atoms with E-state index in [0.717, 1.165) is 10.9 Å². The number of benzene rings is 2. The number of anilines is 1. The SMILES string of the molecule is CCCC(=O)Nc1ccc(Cl)c(N=Cc2cc(Br)ccc2O)c1. The number of amides is 1. The van der Waals surface area contributed by atoms with E-state index in [2.05, 4.69) is 26.2 Å². The van der Waals surface area contributed by atoms with Crippen molar-refractivity contribution in [3.8, 4) is 5.75 Å². The average Bonchev–Trinajstić information content (AvgIpc) is 2.51. The van der Waals surface area contributed by atoms with Crippen LogP contribution in [0.15, 0.2) is 45.9 Å². The minimum atomic E-state index is -0.0469. The quantitative estimate of drug-likeness (QED) is 0.675. The number of halogens is 2. The van der Waals surface area contributed by atoms with Crippen molar-refractivity contribution in [2.24, 2.45) is 4.99 Å². The molecule has 0 aromatic heterocycles. The molecule has 0 aliphatic heterocycles. The Labute approximate surface area is 148 Å². The first kappa shape index (κ1) is 17.5. The third-order valence-electron chi connectivity index (χ3n) is 3.04. The highest BCUT2D eigenvalue weighted by molar-refractivity contribution is 9.10. The lowest BCUT2D eigenvalue weighted by molar-refractivity contribution is -0.116. The van der Waals surface area contributed by atoms with Crippen molar-refractivity contribution < 1.29 is 9.90 Å². The summed E-state index contributed by atoms with van der Waals surface area (Å²) >= 11 is 9.48. The number of carbonyl (C=O) groups excluding carboxylic acids is 1. The average molecular weight is 396 g/mol. The predicted molar refractivity (Wildman–Crippen MR) is 98.1 cm³/mol. The van der Waals surface area contributed by atoms with E-state index in [1.54, 1.807) is 36.4 Å². The first-order valence-electron chi connectivity index (χ1n) is 7.11. The van der Waals surface area contributed by atoms with E-state index in [0.29, 0.717) is 28.4 Å². The summed E-state index contributed by atoms with van der Waals surface area (Å²) in [7, 11) is 0. The number of rotatable bonds is 5. The normalized spacial score (nSPS) is 10.9. The molecule has 0 atom stereocenters. The van der Waals surface area contributed by atoms with Crippen LogP contribution in [-0.2, 0) is 4.79 Å². The van der Waals surface area contributed by atoms with Crippen molar-refractivity contribution in [1.29, 1.82) is 0 Å². The van der Waals surface area contributed by atoms with E-state index >= 15 is 0 Å². The van der Waals surface area contributed by atoms with Crippen molar-refractivity contribution in [1.82, 2.24) is 0 Å². The molecule has 0 unspecified atom stereocenters. The second-order valence-electron chi connectivity index (χ2n) is 4.93. The molecule has 1 amide bonds. The van der Waals surface area contributed by atoms with E-state index in [1.165, 1.54) is 6.21 Å². The fraction of sp³-hybridized carbons (Fsp3) is 0.176. The second kappa shape index (κ2) is 8.13. The maximum Gasteiger partial charge on any atom is 0.224 e. The van der Waals surface area contributed by atoms with Crippen molar-refractivity contribution in [3.05, 3.63) is 51.5 Å². The third kappa shape index (κ3) is 5.08. The summed E-state index contributed by atoms with van der Waals surface area (Å²) in [4.78, 5) is 16.0. The molecule has 0 spiro atoms. The number of nitrogens with zero attached hydrogens (tertiary/aromatic N) is 1. The predicted octanol–water partition coefficient (Wildman–Crippen LogP) is 5.30. The minimum absolute atomic E-state index is 0.0469. The molecule has 0 saturated carbocycles. The van der Waals surface area contributed by atoms with Gasteiger partial charge in [-0.2, -0.15) is 0 Å². The second-order valence-corrected chi connectivity index (χ2v) is 6.25. The Morgan fingerprint density at radius 1 is 1.35 bits per heavy atom. The minimum Gasteiger partial charge on any atom is -0.507 e. The molecule has 6 heteroatoms. The Bertz CT molecular complexity index is 747. The van der Waals surface area contributed by atoms with Gasteiger partial charge in [-0.25, -0.2) is 0 Å². The Hall–Kier alpha value is -1.85. The standard InChI is InChI=1S/C17H16BrClN2O2/c1-2-3-17(23)21-13-5-6-14(19)15(9-13)20-10-11-8-12(18)4-7-16(11)22/h4-10,22H,2-3H2,1H3,(H,21,23). The number of carbonyl (C=O) groups is 1. The molecular weight excluding hydrogens is 380 g/mol. The van der Waals surface area contributed by atoms with Crippen LogP contribution < -0.4 is 5.32 Å². The maximum atomic E-state index is 11.6. The van der Waals surface area contributed by atoms with E-state index in [1.807, 2.05) is 6.92 Å². The number of nitrogens with one attached hydrogen (secondary N) is 1. The lowest BCUT2D eigenvalue weighted by Crippen LogP contribution is -2.10. The molecule has 2 N–H and O–H groups in total. The molecule has 0 bridgehead atoms. The highest BCUT2D eigenvalue weighted by Crippen LogP contribution is 2.29. The summed E-state index contributed by atoms with van der Waals surface area (Å²) in [6.07, 6.45) is 2.78. The Kier molecular flexibility index (Phi) is 6.19. The molecule has 0 fully saturated rings. The van der Waals surface area contributed by atoms with Crippen LogP contribution >= 0.6 is 27.5 Å². The number of phenolic OH excluding ortho intramolecular Hbond substituents is 1. The van der Waals surface area contributed by atoms with Crippen LogP contribution in [0.25, 0.3) is 0 Å². The lowest BCUT2D eigenvalue weighted by Gasteiger charge is -2.06. The lowest BCUT2D eigenvalue weighted by atomic mass is 10.2. The van der Waals surface area contributed by atoms with Gasteiger partial charge in [-0.3, -0.25) is 9.79 Å². The zero-order chi connectivity index (χ0) is 16.8. The molecule has 2 aromatic rings. The van der Waals surface area contributed by atoms with Crippen LogP contribution in [0.2, 0.25) is 5.02 Å². The largest absolute Gasteiger partial charge is 0.507 e. The topological polar surface area (TPSA) is 61.7 Å². The molecule has 0 aliphatic carbocycles. The van der Waals surface area contributed by atoms with Gasteiger partial charge in [0.05, 0.1) is 10.7 Å². The van der Waals surface area contributed by atoms with Crippen molar-refractivity contribution >= 4 is 51.0 Å². The first-order chi connectivity index (χ1) is 11.0. The number of aromatic hydroxyl groups is 1. The fourth-order valence-corrected chi connectivity index (χ4v) is 2.45. The van der Waals surface area contributed by atoms with Gasteiger partial charge in [0.1, 0.15) is 5.75 Å². The summed E-state index contributed by atoms with van der Waals surface area (Å²) in [5.41, 5.74) is 1.72. The third-order valence-corrected chi connectivity index (χ3v) is 3.85. The maximum absolute atomic E-state index is 11.6. The molecule has 0 radical (unpaired) electrons. The van der Waals surface area contributed by atoms with Crippen LogP contribution in [0, 0.1) is 0 Å². The van der Waals surface area contributed by atoms with Gasteiger partial charge in [0.2, 0.25) is 5.91 Å². The van der Waals surface area contributed by atoms with Gasteiger partial charge >= 0.3 is 0 Å². The van der Waals surface area contributed by atoms with Crippen LogP contribution in [0.4, 0.5) is 11.4 Å². The number of phenols is 1. The zero-order valence-corrected chi connectivity index (χ0v) is 14.9. The van der Waals surface area contributed by atoms with Gasteiger partial charge < -0.3 is 10.4 Å². The summed E-state index contributed by atoms with van der Waals surface area (Å²) < 4.78 is 0.837. The number of aliphatic imine (C=N–C) groups is 1.